The summed E-state index contributed by atoms with van der Waals surface area (Å²) >= 11 is 12.1. The maximum Gasteiger partial charge on any atom is 0.238 e. The molecule has 0 saturated carbocycles. The van der Waals surface area contributed by atoms with Gasteiger partial charge in [-0.25, -0.2) is 0 Å². The number of methoxy groups -OCH3 is 2. The molecule has 2 rings (SSSR count). The van der Waals surface area contributed by atoms with Crippen molar-refractivity contribution in [3.05, 3.63) is 51.5 Å². The molecule has 0 aliphatic rings. The van der Waals surface area contributed by atoms with Crippen LogP contribution in [0.1, 0.15) is 11.1 Å². The standard InChI is InChI=1S/C19H22Cl2N2O3/c1-12-8-16(25-3)17(26-4)9-13(12)10-23(2)11-18(24)22-15-7-5-6-14(20)19(15)21/h5-9H,10-11H2,1-4H3,(H,22,24). The highest BCUT2D eigenvalue weighted by Crippen LogP contribution is 2.31. The van der Waals surface area contributed by atoms with Crippen LogP contribution in [0.2, 0.25) is 10.0 Å². The smallest absolute Gasteiger partial charge is 0.238 e. The minimum atomic E-state index is -0.171. The van der Waals surface area contributed by atoms with Crippen LogP contribution in [0.25, 0.3) is 0 Å². The van der Waals surface area contributed by atoms with Gasteiger partial charge in [0.05, 0.1) is 36.5 Å². The van der Waals surface area contributed by atoms with E-state index in [2.05, 4.69) is 5.32 Å². The van der Waals surface area contributed by atoms with Gasteiger partial charge in [0.15, 0.2) is 11.5 Å². The summed E-state index contributed by atoms with van der Waals surface area (Å²) in [5.74, 6) is 1.18. The normalized spacial score (nSPS) is 10.7. The van der Waals surface area contributed by atoms with E-state index < -0.39 is 0 Å². The number of hydrogen-bond donors (Lipinski definition) is 1. The molecule has 0 aromatic heterocycles. The molecule has 140 valence electrons. The van der Waals surface area contributed by atoms with Crippen molar-refractivity contribution in [3.8, 4) is 11.5 Å². The van der Waals surface area contributed by atoms with Crippen LogP contribution in [0, 0.1) is 6.92 Å². The summed E-state index contributed by atoms with van der Waals surface area (Å²) < 4.78 is 10.7. The molecule has 0 spiro atoms. The lowest BCUT2D eigenvalue weighted by atomic mass is 10.1. The third-order valence-corrected chi connectivity index (χ3v) is 4.74. The van der Waals surface area contributed by atoms with Gasteiger partial charge in [-0.15, -0.1) is 0 Å². The molecule has 0 heterocycles. The molecular formula is C19H22Cl2N2O3. The van der Waals surface area contributed by atoms with E-state index in [9.17, 15) is 4.79 Å². The number of carbonyl (C=O) groups excluding carboxylic acids is 1. The Labute approximate surface area is 163 Å². The summed E-state index contributed by atoms with van der Waals surface area (Å²) in [6.07, 6.45) is 0. The molecule has 0 radical (unpaired) electrons. The van der Waals surface area contributed by atoms with E-state index in [0.717, 1.165) is 11.1 Å². The van der Waals surface area contributed by atoms with Crippen LogP contribution < -0.4 is 14.8 Å². The second-order valence-electron chi connectivity index (χ2n) is 5.96. The fourth-order valence-corrected chi connectivity index (χ4v) is 2.92. The van der Waals surface area contributed by atoms with Crippen LogP contribution in [0.15, 0.2) is 30.3 Å². The van der Waals surface area contributed by atoms with Gasteiger partial charge in [-0.05, 0) is 49.4 Å². The van der Waals surface area contributed by atoms with Crippen LogP contribution in [0.5, 0.6) is 11.5 Å². The van der Waals surface area contributed by atoms with Gasteiger partial charge in [0.2, 0.25) is 5.91 Å². The van der Waals surface area contributed by atoms with E-state index in [1.54, 1.807) is 32.4 Å². The lowest BCUT2D eigenvalue weighted by Gasteiger charge is -2.19. The average molecular weight is 397 g/mol. The zero-order valence-electron chi connectivity index (χ0n) is 15.2. The number of rotatable bonds is 7. The maximum absolute atomic E-state index is 12.3. The number of nitrogens with zero attached hydrogens (tertiary/aromatic N) is 1. The molecule has 0 fully saturated rings. The van der Waals surface area contributed by atoms with E-state index in [1.807, 2.05) is 31.0 Å². The summed E-state index contributed by atoms with van der Waals surface area (Å²) in [5, 5.41) is 3.52. The predicted octanol–water partition coefficient (Wildman–Crippen LogP) is 4.39. The molecule has 0 saturated heterocycles. The van der Waals surface area contributed by atoms with Crippen LogP contribution >= 0.6 is 23.2 Å². The van der Waals surface area contributed by atoms with Crippen LogP contribution in [0.4, 0.5) is 5.69 Å². The van der Waals surface area contributed by atoms with Crippen LogP contribution in [0.3, 0.4) is 0 Å². The molecular weight excluding hydrogens is 375 g/mol. The molecule has 0 aliphatic heterocycles. The fraction of sp³-hybridized carbons (Fsp3) is 0.316. The zero-order valence-corrected chi connectivity index (χ0v) is 16.7. The van der Waals surface area contributed by atoms with Crippen LogP contribution in [-0.2, 0) is 11.3 Å². The van der Waals surface area contributed by atoms with Crippen molar-refractivity contribution in [2.24, 2.45) is 0 Å². The highest BCUT2D eigenvalue weighted by molar-refractivity contribution is 6.43. The Hall–Kier alpha value is -1.95. The predicted molar refractivity (Wildman–Crippen MR) is 106 cm³/mol. The van der Waals surface area contributed by atoms with Crippen molar-refractivity contribution < 1.29 is 14.3 Å². The van der Waals surface area contributed by atoms with Gasteiger partial charge in [-0.1, -0.05) is 29.3 Å². The number of anilines is 1. The Morgan fingerprint density at radius 3 is 2.46 bits per heavy atom. The van der Waals surface area contributed by atoms with E-state index in [-0.39, 0.29) is 12.5 Å². The van der Waals surface area contributed by atoms with Crippen LogP contribution in [-0.4, -0.2) is 38.6 Å². The molecule has 0 bridgehead atoms. The van der Waals surface area contributed by atoms with Gasteiger partial charge < -0.3 is 14.8 Å². The molecule has 5 nitrogen and oxygen atoms in total. The second kappa shape index (κ2) is 9.12. The zero-order chi connectivity index (χ0) is 19.3. The van der Waals surface area contributed by atoms with E-state index in [1.165, 1.54) is 0 Å². The highest BCUT2D eigenvalue weighted by Gasteiger charge is 2.14. The summed E-state index contributed by atoms with van der Waals surface area (Å²) in [4.78, 5) is 14.2. The first kappa shape index (κ1) is 20.4. The lowest BCUT2D eigenvalue weighted by Crippen LogP contribution is -2.30. The van der Waals surface area contributed by atoms with Gasteiger partial charge in [0, 0.05) is 6.54 Å². The van der Waals surface area contributed by atoms with Gasteiger partial charge >= 0.3 is 0 Å². The molecule has 0 atom stereocenters. The molecule has 0 unspecified atom stereocenters. The fourth-order valence-electron chi connectivity index (χ4n) is 2.57. The number of benzene rings is 2. The summed E-state index contributed by atoms with van der Waals surface area (Å²) in [7, 11) is 5.08. The topological polar surface area (TPSA) is 50.8 Å². The number of ether oxygens (including phenoxy) is 2. The third-order valence-electron chi connectivity index (χ3n) is 3.92. The van der Waals surface area contributed by atoms with Gasteiger partial charge in [-0.3, -0.25) is 9.69 Å². The van der Waals surface area contributed by atoms with E-state index >= 15 is 0 Å². The number of hydrogen-bond acceptors (Lipinski definition) is 4. The minimum absolute atomic E-state index is 0.171. The van der Waals surface area contributed by atoms with E-state index in [4.69, 9.17) is 32.7 Å². The van der Waals surface area contributed by atoms with Gasteiger partial charge in [0.1, 0.15) is 0 Å². The Kier molecular flexibility index (Phi) is 7.14. The molecule has 0 aliphatic carbocycles. The largest absolute Gasteiger partial charge is 0.493 e. The van der Waals surface area contributed by atoms with Gasteiger partial charge in [0.25, 0.3) is 0 Å². The Bertz CT molecular complexity index is 797. The number of likely N-dealkylation sites (N-methyl/N-ethyl adjacent to an activating group) is 1. The van der Waals surface area contributed by atoms with Crippen molar-refractivity contribution in [2.75, 3.05) is 33.1 Å². The monoisotopic (exact) mass is 396 g/mol. The molecule has 1 amide bonds. The lowest BCUT2D eigenvalue weighted by molar-refractivity contribution is -0.117. The number of halogens is 2. The number of carbonyl (C=O) groups is 1. The summed E-state index contributed by atoms with van der Waals surface area (Å²) in [6.45, 7) is 2.79. The number of nitrogens with one attached hydrogen (secondary N) is 1. The SMILES string of the molecule is COc1cc(C)c(CN(C)CC(=O)Nc2cccc(Cl)c2Cl)cc1OC. The number of amides is 1. The van der Waals surface area contributed by atoms with E-state index in [0.29, 0.717) is 33.8 Å². The van der Waals surface area contributed by atoms with Crippen molar-refractivity contribution in [1.29, 1.82) is 0 Å². The average Bonchev–Trinajstić information content (AvgIpc) is 2.60. The molecule has 1 N–H and O–H groups in total. The summed E-state index contributed by atoms with van der Waals surface area (Å²) in [5.41, 5.74) is 2.62. The van der Waals surface area contributed by atoms with Gasteiger partial charge in [-0.2, -0.15) is 0 Å². The molecule has 2 aromatic carbocycles. The first-order valence-electron chi connectivity index (χ1n) is 7.99. The Morgan fingerprint density at radius 2 is 1.81 bits per heavy atom. The summed E-state index contributed by atoms with van der Waals surface area (Å²) in [6, 6.07) is 8.97. The first-order chi connectivity index (χ1) is 12.3. The molecule has 2 aromatic rings. The third kappa shape index (κ3) is 5.04. The maximum atomic E-state index is 12.3. The quantitative estimate of drug-likeness (QED) is 0.753. The molecule has 7 heteroatoms. The first-order valence-corrected chi connectivity index (χ1v) is 8.75. The van der Waals surface area contributed by atoms with Crippen molar-refractivity contribution in [2.45, 2.75) is 13.5 Å². The highest BCUT2D eigenvalue weighted by atomic mass is 35.5. The molecule has 26 heavy (non-hydrogen) atoms. The minimum Gasteiger partial charge on any atom is -0.493 e. The van der Waals surface area contributed by atoms with Crippen molar-refractivity contribution in [3.63, 3.8) is 0 Å². The van der Waals surface area contributed by atoms with Crippen molar-refractivity contribution in [1.82, 2.24) is 4.90 Å². The number of aryl methyl sites for hydroxylation is 1. The second-order valence-corrected chi connectivity index (χ2v) is 6.74. The Morgan fingerprint density at radius 1 is 1.15 bits per heavy atom. The Balaban J connectivity index is 2.03. The van der Waals surface area contributed by atoms with Crippen molar-refractivity contribution >= 4 is 34.8 Å².